The molecule has 0 N–H and O–H groups in total. The quantitative estimate of drug-likeness (QED) is 0.160. The van der Waals surface area contributed by atoms with Crippen LogP contribution in [0.4, 0.5) is 11.4 Å². The molecule has 4 nitrogen and oxygen atoms in total. The van der Waals surface area contributed by atoms with E-state index in [4.69, 9.17) is 15.1 Å². The first-order chi connectivity index (χ1) is 28.2. The topological polar surface area (TPSA) is 41.1 Å². The van der Waals surface area contributed by atoms with E-state index in [0.717, 1.165) is 56.0 Å². The zero-order chi connectivity index (χ0) is 37.7. The van der Waals surface area contributed by atoms with Crippen molar-refractivity contribution < 1.29 is 0 Å². The van der Waals surface area contributed by atoms with Gasteiger partial charge < -0.3 is 0 Å². The van der Waals surface area contributed by atoms with Gasteiger partial charge in [0.15, 0.2) is 11.9 Å². The summed E-state index contributed by atoms with van der Waals surface area (Å²) in [5.74, 6) is 0.700. The number of hydrogen-bond donors (Lipinski definition) is 0. The van der Waals surface area contributed by atoms with Gasteiger partial charge in [0.2, 0.25) is 5.69 Å². The Bertz CT molecular complexity index is 3070. The summed E-state index contributed by atoms with van der Waals surface area (Å²) < 4.78 is 2.15. The fraction of sp³-hybridized carbons (Fsp3) is 0.0189. The van der Waals surface area contributed by atoms with E-state index >= 15 is 0 Å². The van der Waals surface area contributed by atoms with Crippen LogP contribution in [-0.4, -0.2) is 9.97 Å². The van der Waals surface area contributed by atoms with Crippen molar-refractivity contribution in [2.45, 2.75) is 6.04 Å². The average Bonchev–Trinajstić information content (AvgIpc) is 3.70. The van der Waals surface area contributed by atoms with Crippen molar-refractivity contribution in [3.8, 4) is 45.0 Å². The largest absolute Gasteiger partial charge is 0.252 e. The van der Waals surface area contributed by atoms with Gasteiger partial charge in [-0.15, -0.1) is 0 Å². The van der Waals surface area contributed by atoms with E-state index in [2.05, 4.69) is 211 Å². The summed E-state index contributed by atoms with van der Waals surface area (Å²) in [6.07, 6.45) is 0. The van der Waals surface area contributed by atoms with E-state index in [0.29, 0.717) is 5.82 Å². The maximum absolute atomic E-state index is 5.43. The maximum Gasteiger partial charge on any atom is 0.252 e. The molecule has 0 amide bonds. The Hall–Kier alpha value is -7.56. The Morgan fingerprint density at radius 1 is 0.386 bits per heavy atom. The molecular formula is C53H35N4+. The summed E-state index contributed by atoms with van der Waals surface area (Å²) >= 11 is 0. The van der Waals surface area contributed by atoms with E-state index in [1.807, 2.05) is 0 Å². The summed E-state index contributed by atoms with van der Waals surface area (Å²) in [7, 11) is 0. The zero-order valence-electron chi connectivity index (χ0n) is 31.0. The van der Waals surface area contributed by atoms with Gasteiger partial charge in [-0.05, 0) is 83.8 Å². The minimum absolute atomic E-state index is 0.170. The van der Waals surface area contributed by atoms with Gasteiger partial charge in [0, 0.05) is 28.8 Å². The van der Waals surface area contributed by atoms with Crippen LogP contribution in [0.15, 0.2) is 211 Å². The molecule has 0 saturated heterocycles. The summed E-state index contributed by atoms with van der Waals surface area (Å²) in [5, 5.41) is 12.5. The monoisotopic (exact) mass is 727 g/mol. The summed E-state index contributed by atoms with van der Waals surface area (Å²) in [6, 6.07) is 72.9. The molecule has 0 saturated carbocycles. The van der Waals surface area contributed by atoms with Gasteiger partial charge in [0.1, 0.15) is 0 Å². The molecule has 1 aliphatic rings. The Balaban J connectivity index is 1.07. The molecule has 1 atom stereocenters. The second-order valence-electron chi connectivity index (χ2n) is 14.6. The molecule has 1 aliphatic heterocycles. The van der Waals surface area contributed by atoms with Gasteiger partial charge in [0.25, 0.3) is 5.69 Å². The van der Waals surface area contributed by atoms with Crippen molar-refractivity contribution in [3.63, 3.8) is 0 Å². The molecule has 1 aromatic heterocycles. The van der Waals surface area contributed by atoms with E-state index in [-0.39, 0.29) is 6.04 Å². The predicted octanol–water partition coefficient (Wildman–Crippen LogP) is 14.0. The lowest BCUT2D eigenvalue weighted by Crippen LogP contribution is -2.00. The second kappa shape index (κ2) is 13.6. The minimum Gasteiger partial charge on any atom is -0.228 e. The van der Waals surface area contributed by atoms with Crippen molar-refractivity contribution in [2.24, 2.45) is 5.11 Å². The van der Waals surface area contributed by atoms with E-state index in [1.165, 1.54) is 38.1 Å². The number of benzene rings is 9. The Morgan fingerprint density at radius 2 is 0.912 bits per heavy atom. The van der Waals surface area contributed by atoms with Gasteiger partial charge in [-0.1, -0.05) is 164 Å². The molecule has 0 fully saturated rings. The molecule has 57 heavy (non-hydrogen) atoms. The van der Waals surface area contributed by atoms with Crippen molar-refractivity contribution >= 4 is 43.7 Å². The molecule has 10 aromatic rings. The van der Waals surface area contributed by atoms with Crippen molar-refractivity contribution in [1.29, 1.82) is 0 Å². The molecule has 11 rings (SSSR count). The van der Waals surface area contributed by atoms with Crippen LogP contribution in [-0.2, 0) is 0 Å². The third-order valence-corrected chi connectivity index (χ3v) is 11.2. The predicted molar refractivity (Wildman–Crippen MR) is 235 cm³/mol. The third kappa shape index (κ3) is 5.87. The first-order valence-corrected chi connectivity index (χ1v) is 19.4. The maximum atomic E-state index is 5.43. The SMILES string of the molecule is c1ccc(C2N=[N+](c3ccccc3)c3c2c(-c2ccc(-c4cc(-c5ccc6ccccc6c5)nc(-c5ccc6ccccc6c5)n4)cc2)cc2ccccc32)cc1. The summed E-state index contributed by atoms with van der Waals surface area (Å²) in [4.78, 5) is 10.4. The molecule has 2 heterocycles. The number of hydrogen-bond acceptors (Lipinski definition) is 3. The third-order valence-electron chi connectivity index (χ3n) is 11.2. The fourth-order valence-electron chi connectivity index (χ4n) is 8.32. The lowest BCUT2D eigenvalue weighted by Gasteiger charge is -2.14. The molecule has 266 valence electrons. The first kappa shape index (κ1) is 32.8. The van der Waals surface area contributed by atoms with E-state index in [1.54, 1.807) is 0 Å². The fourth-order valence-corrected chi connectivity index (χ4v) is 8.32. The zero-order valence-corrected chi connectivity index (χ0v) is 31.0. The Kier molecular flexibility index (Phi) is 7.85. The van der Waals surface area contributed by atoms with Crippen LogP contribution in [0.2, 0.25) is 0 Å². The lowest BCUT2D eigenvalue weighted by atomic mass is 9.87. The van der Waals surface area contributed by atoms with Gasteiger partial charge in [-0.25, -0.2) is 9.97 Å². The van der Waals surface area contributed by atoms with Crippen molar-refractivity contribution in [3.05, 3.63) is 217 Å². The van der Waals surface area contributed by atoms with Gasteiger partial charge in [-0.3, -0.25) is 0 Å². The normalized spacial score (nSPS) is 13.5. The second-order valence-corrected chi connectivity index (χ2v) is 14.6. The van der Waals surface area contributed by atoms with Gasteiger partial charge in [0.05, 0.1) is 22.3 Å². The average molecular weight is 728 g/mol. The highest BCUT2D eigenvalue weighted by Gasteiger charge is 2.39. The molecule has 4 heteroatoms. The Labute approximate surface area is 330 Å². The number of fused-ring (bicyclic) bond motifs is 5. The number of rotatable bonds is 6. The minimum atomic E-state index is -0.170. The van der Waals surface area contributed by atoms with E-state index in [9.17, 15) is 0 Å². The molecule has 0 aliphatic carbocycles. The number of nitrogens with zero attached hydrogens (tertiary/aromatic N) is 4. The summed E-state index contributed by atoms with van der Waals surface area (Å²) in [5.41, 5.74) is 11.7. The number of para-hydroxylation sites is 1. The lowest BCUT2D eigenvalue weighted by molar-refractivity contribution is 0.776. The Morgan fingerprint density at radius 3 is 1.61 bits per heavy atom. The molecule has 0 bridgehead atoms. The van der Waals surface area contributed by atoms with E-state index < -0.39 is 0 Å². The highest BCUT2D eigenvalue weighted by atomic mass is 15.3. The van der Waals surface area contributed by atoms with Crippen LogP contribution < -0.4 is 4.70 Å². The standard InChI is InChI=1S/C53H35N4/c1-3-15-39(16-4-1)51-50-47(33-42-19-11-12-22-46(42)52(50)57(56-51)45-20-5-2-6-21-45)37-25-27-38(28-26-37)48-34-49(43-29-23-35-13-7-9-17-40(35)31-43)55-53(54-48)44-30-24-36-14-8-10-18-41(36)32-44/h1-34,51H/q+1. The molecule has 9 aromatic carbocycles. The highest BCUT2D eigenvalue weighted by Crippen LogP contribution is 2.50. The van der Waals surface area contributed by atoms with Gasteiger partial charge in [-0.2, -0.15) is 0 Å². The van der Waals surface area contributed by atoms with Crippen LogP contribution in [0.1, 0.15) is 17.2 Å². The van der Waals surface area contributed by atoms with Gasteiger partial charge >= 0.3 is 0 Å². The van der Waals surface area contributed by atoms with Crippen LogP contribution in [0.5, 0.6) is 0 Å². The smallest absolute Gasteiger partial charge is 0.228 e. The van der Waals surface area contributed by atoms with Crippen molar-refractivity contribution in [1.82, 2.24) is 14.7 Å². The number of aromatic nitrogens is 2. The first-order valence-electron chi connectivity index (χ1n) is 19.4. The molecule has 1 unspecified atom stereocenters. The van der Waals surface area contributed by atoms with Crippen LogP contribution in [0.25, 0.3) is 77.3 Å². The van der Waals surface area contributed by atoms with Crippen LogP contribution in [0.3, 0.4) is 0 Å². The highest BCUT2D eigenvalue weighted by molar-refractivity contribution is 6.01. The van der Waals surface area contributed by atoms with Crippen LogP contribution in [0, 0.1) is 0 Å². The molecular weight excluding hydrogens is 693 g/mol. The van der Waals surface area contributed by atoms with Crippen molar-refractivity contribution in [2.75, 3.05) is 0 Å². The molecule has 0 radical (unpaired) electrons. The molecule has 0 spiro atoms. The number of azo groups is 2. The summed E-state index contributed by atoms with van der Waals surface area (Å²) in [6.45, 7) is 0. The van der Waals surface area contributed by atoms with Crippen LogP contribution >= 0.6 is 0 Å².